The molecule has 1 heterocycles. The van der Waals surface area contributed by atoms with E-state index >= 15 is 0 Å². The number of aromatic hydroxyl groups is 1. The lowest BCUT2D eigenvalue weighted by Crippen LogP contribution is -2.03. The fourth-order valence-electron chi connectivity index (χ4n) is 1.24. The van der Waals surface area contributed by atoms with Crippen LogP contribution in [0.5, 0.6) is 5.75 Å². The first-order chi connectivity index (χ1) is 8.47. The number of anilines is 1. The zero-order valence-electron chi connectivity index (χ0n) is 8.90. The molecule has 2 aromatic rings. The molecule has 8 heteroatoms. The van der Waals surface area contributed by atoms with E-state index in [0.717, 1.165) is 0 Å². The van der Waals surface area contributed by atoms with E-state index in [2.05, 4.69) is 15.5 Å². The maximum atomic E-state index is 12.3. The quantitative estimate of drug-likeness (QED) is 0.904. The molecule has 2 N–H and O–H groups in total. The third-order valence-corrected chi connectivity index (χ3v) is 3.01. The van der Waals surface area contributed by atoms with Crippen molar-refractivity contribution in [2.75, 3.05) is 5.32 Å². The highest BCUT2D eigenvalue weighted by Gasteiger charge is 2.35. The first-order valence-electron chi connectivity index (χ1n) is 4.88. The number of phenolic OH excluding ortho intramolecular Hbond substituents is 1. The molecule has 0 saturated heterocycles. The van der Waals surface area contributed by atoms with Crippen molar-refractivity contribution in [1.29, 1.82) is 0 Å². The number of para-hydroxylation sites is 1. The van der Waals surface area contributed by atoms with Gasteiger partial charge >= 0.3 is 6.18 Å². The fraction of sp³-hybridized carbons (Fsp3) is 0.200. The summed E-state index contributed by atoms with van der Waals surface area (Å²) in [6.45, 7) is 0.180. The van der Waals surface area contributed by atoms with Crippen molar-refractivity contribution in [2.24, 2.45) is 0 Å². The van der Waals surface area contributed by atoms with Crippen LogP contribution in [0, 0.1) is 0 Å². The number of aromatic nitrogens is 2. The molecule has 0 amide bonds. The summed E-state index contributed by atoms with van der Waals surface area (Å²) in [5, 5.41) is 17.6. The fourth-order valence-corrected chi connectivity index (χ4v) is 1.85. The molecular weight excluding hydrogens is 267 g/mol. The lowest BCUT2D eigenvalue weighted by atomic mass is 10.2. The number of nitrogens with one attached hydrogen (secondary N) is 1. The van der Waals surface area contributed by atoms with Crippen LogP contribution in [0.15, 0.2) is 24.3 Å². The van der Waals surface area contributed by atoms with Crippen LogP contribution in [0.1, 0.15) is 10.6 Å². The van der Waals surface area contributed by atoms with Crippen LogP contribution in [-0.2, 0) is 12.7 Å². The highest BCUT2D eigenvalue weighted by Crippen LogP contribution is 2.33. The van der Waals surface area contributed by atoms with E-state index in [1.807, 2.05) is 0 Å². The van der Waals surface area contributed by atoms with E-state index in [9.17, 15) is 18.3 Å². The summed E-state index contributed by atoms with van der Waals surface area (Å²) < 4.78 is 36.8. The summed E-state index contributed by atoms with van der Waals surface area (Å²) in [5.41, 5.74) is 0.571. The molecule has 4 nitrogen and oxygen atoms in total. The van der Waals surface area contributed by atoms with E-state index in [1.54, 1.807) is 18.2 Å². The van der Waals surface area contributed by atoms with Crippen LogP contribution in [0.4, 0.5) is 18.3 Å². The van der Waals surface area contributed by atoms with Crippen molar-refractivity contribution in [3.8, 4) is 5.75 Å². The maximum absolute atomic E-state index is 12.3. The Kier molecular flexibility index (Phi) is 3.37. The number of alkyl halides is 3. The molecule has 0 unspecified atom stereocenters. The van der Waals surface area contributed by atoms with Gasteiger partial charge in [0.1, 0.15) is 5.75 Å². The van der Waals surface area contributed by atoms with E-state index in [4.69, 9.17) is 0 Å². The van der Waals surface area contributed by atoms with E-state index < -0.39 is 11.2 Å². The van der Waals surface area contributed by atoms with Crippen molar-refractivity contribution < 1.29 is 18.3 Å². The molecule has 1 aromatic carbocycles. The largest absolute Gasteiger partial charge is 0.508 e. The predicted octanol–water partition coefficient (Wildman–Crippen LogP) is 2.87. The van der Waals surface area contributed by atoms with Gasteiger partial charge in [-0.2, -0.15) is 13.2 Å². The van der Waals surface area contributed by atoms with Crippen LogP contribution in [0.2, 0.25) is 0 Å². The number of halogens is 3. The van der Waals surface area contributed by atoms with Crippen LogP contribution < -0.4 is 5.32 Å². The van der Waals surface area contributed by atoms with Crippen molar-refractivity contribution in [3.63, 3.8) is 0 Å². The normalized spacial score (nSPS) is 11.5. The van der Waals surface area contributed by atoms with E-state index in [0.29, 0.717) is 16.9 Å². The van der Waals surface area contributed by atoms with E-state index in [-0.39, 0.29) is 17.4 Å². The Balaban J connectivity index is 2.03. The molecule has 1 aromatic heterocycles. The van der Waals surface area contributed by atoms with Crippen molar-refractivity contribution >= 4 is 16.5 Å². The molecule has 18 heavy (non-hydrogen) atoms. The van der Waals surface area contributed by atoms with E-state index in [1.165, 1.54) is 6.07 Å². The van der Waals surface area contributed by atoms with Gasteiger partial charge in [-0.15, -0.1) is 10.2 Å². The van der Waals surface area contributed by atoms with Crippen molar-refractivity contribution in [3.05, 3.63) is 34.8 Å². The molecule has 0 aliphatic heterocycles. The van der Waals surface area contributed by atoms with Crippen molar-refractivity contribution in [2.45, 2.75) is 12.7 Å². The lowest BCUT2D eigenvalue weighted by Gasteiger charge is -2.04. The monoisotopic (exact) mass is 275 g/mol. The Hall–Kier alpha value is -1.83. The summed E-state index contributed by atoms with van der Waals surface area (Å²) in [6, 6.07) is 6.54. The zero-order valence-corrected chi connectivity index (χ0v) is 9.72. The minimum Gasteiger partial charge on any atom is -0.508 e. The molecule has 96 valence electrons. The van der Waals surface area contributed by atoms with Gasteiger partial charge in [-0.3, -0.25) is 0 Å². The second kappa shape index (κ2) is 4.81. The summed E-state index contributed by atoms with van der Waals surface area (Å²) in [5.74, 6) is 0.0746. The van der Waals surface area contributed by atoms with Crippen LogP contribution in [-0.4, -0.2) is 15.3 Å². The Morgan fingerprint density at radius 3 is 2.56 bits per heavy atom. The predicted molar refractivity (Wildman–Crippen MR) is 60.3 cm³/mol. The van der Waals surface area contributed by atoms with Gasteiger partial charge in [0.2, 0.25) is 10.1 Å². The zero-order chi connectivity index (χ0) is 13.2. The number of nitrogens with zero attached hydrogens (tertiary/aromatic N) is 2. The summed E-state index contributed by atoms with van der Waals surface area (Å²) in [4.78, 5) is 0. The molecule has 0 bridgehead atoms. The second-order valence-corrected chi connectivity index (χ2v) is 4.37. The third kappa shape index (κ3) is 2.89. The number of hydrogen-bond acceptors (Lipinski definition) is 5. The average molecular weight is 275 g/mol. The SMILES string of the molecule is Oc1ccccc1CNc1nnc(C(F)(F)F)s1. The molecule has 0 saturated carbocycles. The Morgan fingerprint density at radius 2 is 1.94 bits per heavy atom. The third-order valence-electron chi connectivity index (χ3n) is 2.09. The number of rotatable bonds is 3. The molecule has 0 aliphatic carbocycles. The second-order valence-electron chi connectivity index (χ2n) is 3.39. The smallest absolute Gasteiger partial charge is 0.445 e. The van der Waals surface area contributed by atoms with Crippen molar-refractivity contribution in [1.82, 2.24) is 10.2 Å². The van der Waals surface area contributed by atoms with Crippen LogP contribution >= 0.6 is 11.3 Å². The summed E-state index contributed by atoms with van der Waals surface area (Å²) in [7, 11) is 0. The number of phenols is 1. The van der Waals surface area contributed by atoms with Gasteiger partial charge in [0, 0.05) is 12.1 Å². The summed E-state index contributed by atoms with van der Waals surface area (Å²) >= 11 is 0.425. The van der Waals surface area contributed by atoms with Gasteiger partial charge in [-0.25, -0.2) is 0 Å². The van der Waals surface area contributed by atoms with Gasteiger partial charge in [0.25, 0.3) is 0 Å². The number of hydrogen-bond donors (Lipinski definition) is 2. The molecule has 0 spiro atoms. The Labute approximate surface area is 104 Å². The minimum atomic E-state index is -4.48. The highest BCUT2D eigenvalue weighted by atomic mass is 32.1. The van der Waals surface area contributed by atoms with Gasteiger partial charge < -0.3 is 10.4 Å². The lowest BCUT2D eigenvalue weighted by molar-refractivity contribution is -0.138. The topological polar surface area (TPSA) is 58.0 Å². The van der Waals surface area contributed by atoms with Gasteiger partial charge in [-0.05, 0) is 6.07 Å². The van der Waals surface area contributed by atoms with Gasteiger partial charge in [0.05, 0.1) is 0 Å². The van der Waals surface area contributed by atoms with Gasteiger partial charge in [-0.1, -0.05) is 29.5 Å². The Morgan fingerprint density at radius 1 is 1.22 bits per heavy atom. The first-order valence-corrected chi connectivity index (χ1v) is 5.70. The van der Waals surface area contributed by atoms with Crippen LogP contribution in [0.25, 0.3) is 0 Å². The molecular formula is C10H8F3N3OS. The van der Waals surface area contributed by atoms with Crippen LogP contribution in [0.3, 0.4) is 0 Å². The molecule has 0 radical (unpaired) electrons. The van der Waals surface area contributed by atoms with Gasteiger partial charge in [0.15, 0.2) is 0 Å². The first kappa shape index (κ1) is 12.6. The minimum absolute atomic E-state index is 0.0607. The number of benzene rings is 1. The Bertz CT molecular complexity index is 541. The highest BCUT2D eigenvalue weighted by molar-refractivity contribution is 7.15. The average Bonchev–Trinajstić information content (AvgIpc) is 2.76. The molecule has 2 rings (SSSR count). The summed E-state index contributed by atoms with van der Waals surface area (Å²) in [6.07, 6.45) is -4.48. The standard InChI is InChI=1S/C10H8F3N3OS/c11-10(12,13)8-15-16-9(18-8)14-5-6-3-1-2-4-7(6)17/h1-4,17H,5H2,(H,14,16). The molecule has 0 fully saturated rings. The molecule has 0 aliphatic rings. The molecule has 0 atom stereocenters. The maximum Gasteiger partial charge on any atom is 0.445 e.